The predicted octanol–water partition coefficient (Wildman–Crippen LogP) is 2.18. The summed E-state index contributed by atoms with van der Waals surface area (Å²) in [6.45, 7) is 0.144. The molecule has 2 aromatic rings. The van der Waals surface area contributed by atoms with E-state index in [9.17, 15) is 4.79 Å². The van der Waals surface area contributed by atoms with Gasteiger partial charge in [0.1, 0.15) is 12.4 Å². The van der Waals surface area contributed by atoms with Gasteiger partial charge in [0.25, 0.3) is 5.91 Å². The number of fused-ring (bicyclic) bond motifs is 1. The van der Waals surface area contributed by atoms with E-state index in [2.05, 4.69) is 9.98 Å². The molecule has 1 aliphatic rings. The highest BCUT2D eigenvalue weighted by Gasteiger charge is 2.22. The number of benzene rings is 1. The van der Waals surface area contributed by atoms with E-state index in [1.165, 1.54) is 0 Å². The van der Waals surface area contributed by atoms with Crippen LogP contribution >= 0.6 is 0 Å². The average molecular weight is 237 g/mol. The third kappa shape index (κ3) is 1.78. The van der Waals surface area contributed by atoms with Gasteiger partial charge in [0.2, 0.25) is 0 Å². The maximum Gasteiger partial charge on any atom is 0.254 e. The van der Waals surface area contributed by atoms with Crippen molar-refractivity contribution in [3.8, 4) is 0 Å². The summed E-state index contributed by atoms with van der Waals surface area (Å²) in [6, 6.07) is 13.2. The SMILES string of the molecule is O=C1CN=Cc2ccccc2N1c1ccccn1. The Morgan fingerprint density at radius 2 is 1.89 bits per heavy atom. The topological polar surface area (TPSA) is 45.6 Å². The van der Waals surface area contributed by atoms with Gasteiger partial charge in [-0.2, -0.15) is 0 Å². The Hall–Kier alpha value is -2.49. The molecule has 0 saturated heterocycles. The molecule has 4 nitrogen and oxygen atoms in total. The van der Waals surface area contributed by atoms with Crippen LogP contribution in [0.1, 0.15) is 5.56 Å². The molecular weight excluding hydrogens is 226 g/mol. The molecule has 0 radical (unpaired) electrons. The van der Waals surface area contributed by atoms with E-state index in [1.807, 2.05) is 42.5 Å². The summed E-state index contributed by atoms with van der Waals surface area (Å²) >= 11 is 0. The van der Waals surface area contributed by atoms with Gasteiger partial charge in [0, 0.05) is 18.0 Å². The highest BCUT2D eigenvalue weighted by molar-refractivity contribution is 6.07. The maximum atomic E-state index is 12.1. The lowest BCUT2D eigenvalue weighted by molar-refractivity contribution is -0.116. The van der Waals surface area contributed by atoms with Crippen LogP contribution in [0.2, 0.25) is 0 Å². The second kappa shape index (κ2) is 4.41. The number of rotatable bonds is 1. The molecule has 88 valence electrons. The van der Waals surface area contributed by atoms with Crippen LogP contribution in [0.5, 0.6) is 0 Å². The van der Waals surface area contributed by atoms with E-state index in [1.54, 1.807) is 17.3 Å². The van der Waals surface area contributed by atoms with E-state index in [4.69, 9.17) is 0 Å². The van der Waals surface area contributed by atoms with Gasteiger partial charge in [0.05, 0.1) is 5.69 Å². The molecule has 3 rings (SSSR count). The Labute approximate surface area is 105 Å². The summed E-state index contributed by atoms with van der Waals surface area (Å²) in [5.74, 6) is 0.551. The molecule has 1 aliphatic heterocycles. The summed E-state index contributed by atoms with van der Waals surface area (Å²) in [4.78, 5) is 22.1. The van der Waals surface area contributed by atoms with Crippen LogP contribution in [0.25, 0.3) is 0 Å². The molecule has 0 N–H and O–H groups in total. The number of nitrogens with zero attached hydrogens (tertiary/aromatic N) is 3. The number of amides is 1. The van der Waals surface area contributed by atoms with Crippen molar-refractivity contribution >= 4 is 23.6 Å². The minimum absolute atomic E-state index is 0.0742. The Bertz CT molecular complexity index is 607. The number of hydrogen-bond donors (Lipinski definition) is 0. The van der Waals surface area contributed by atoms with E-state index >= 15 is 0 Å². The summed E-state index contributed by atoms with van der Waals surface area (Å²) in [5.41, 5.74) is 1.75. The van der Waals surface area contributed by atoms with Crippen LogP contribution in [0.3, 0.4) is 0 Å². The number of para-hydroxylation sites is 1. The first-order chi connectivity index (χ1) is 8.86. The van der Waals surface area contributed by atoms with E-state index in [-0.39, 0.29) is 12.5 Å². The van der Waals surface area contributed by atoms with Crippen LogP contribution in [0, 0.1) is 0 Å². The van der Waals surface area contributed by atoms with Gasteiger partial charge in [-0.3, -0.25) is 14.7 Å². The monoisotopic (exact) mass is 237 g/mol. The molecule has 2 heterocycles. The van der Waals surface area contributed by atoms with Gasteiger partial charge in [-0.1, -0.05) is 24.3 Å². The van der Waals surface area contributed by atoms with Gasteiger partial charge in [-0.15, -0.1) is 0 Å². The molecular formula is C14H11N3O. The average Bonchev–Trinajstić information content (AvgIpc) is 2.58. The zero-order valence-corrected chi connectivity index (χ0v) is 9.65. The number of pyridine rings is 1. The first-order valence-electron chi connectivity index (χ1n) is 5.69. The Morgan fingerprint density at radius 1 is 1.06 bits per heavy atom. The highest BCUT2D eigenvalue weighted by Crippen LogP contribution is 2.27. The minimum atomic E-state index is -0.0742. The molecule has 0 fully saturated rings. The number of anilines is 2. The van der Waals surface area contributed by atoms with E-state index in [0.29, 0.717) is 5.82 Å². The smallest absolute Gasteiger partial charge is 0.254 e. The number of benzodiazepines with no additional fused rings is 1. The molecule has 0 atom stereocenters. The second-order valence-corrected chi connectivity index (χ2v) is 3.95. The molecule has 18 heavy (non-hydrogen) atoms. The van der Waals surface area contributed by atoms with Crippen LogP contribution in [-0.4, -0.2) is 23.7 Å². The minimum Gasteiger partial charge on any atom is -0.283 e. The Kier molecular flexibility index (Phi) is 2.61. The molecule has 1 aromatic carbocycles. The quantitative estimate of drug-likeness (QED) is 0.763. The van der Waals surface area contributed by atoms with Gasteiger partial charge >= 0.3 is 0 Å². The second-order valence-electron chi connectivity index (χ2n) is 3.95. The Morgan fingerprint density at radius 3 is 2.72 bits per heavy atom. The fourth-order valence-corrected chi connectivity index (χ4v) is 1.96. The molecule has 0 bridgehead atoms. The fraction of sp³-hybridized carbons (Fsp3) is 0.0714. The molecule has 0 saturated carbocycles. The number of hydrogen-bond acceptors (Lipinski definition) is 3. The first kappa shape index (κ1) is 10.7. The largest absolute Gasteiger partial charge is 0.283 e. The van der Waals surface area contributed by atoms with Gasteiger partial charge in [-0.25, -0.2) is 4.98 Å². The van der Waals surface area contributed by atoms with Crippen molar-refractivity contribution in [2.75, 3.05) is 11.4 Å². The summed E-state index contributed by atoms with van der Waals surface area (Å²) < 4.78 is 0. The summed E-state index contributed by atoms with van der Waals surface area (Å²) in [5, 5.41) is 0. The van der Waals surface area contributed by atoms with Crippen molar-refractivity contribution in [1.82, 2.24) is 4.98 Å². The van der Waals surface area contributed by atoms with Crippen molar-refractivity contribution in [3.05, 3.63) is 54.2 Å². The normalized spacial score (nSPS) is 14.2. The van der Waals surface area contributed by atoms with Crippen molar-refractivity contribution in [1.29, 1.82) is 0 Å². The number of aromatic nitrogens is 1. The molecule has 4 heteroatoms. The molecule has 0 aliphatic carbocycles. The lowest BCUT2D eigenvalue weighted by atomic mass is 10.1. The van der Waals surface area contributed by atoms with Crippen LogP contribution < -0.4 is 4.90 Å². The van der Waals surface area contributed by atoms with Crippen molar-refractivity contribution < 1.29 is 4.79 Å². The van der Waals surface area contributed by atoms with Crippen LogP contribution in [0.4, 0.5) is 11.5 Å². The number of carbonyl (C=O) groups is 1. The van der Waals surface area contributed by atoms with Gasteiger partial charge in [0.15, 0.2) is 0 Å². The van der Waals surface area contributed by atoms with Crippen molar-refractivity contribution in [2.24, 2.45) is 4.99 Å². The number of carbonyl (C=O) groups excluding carboxylic acids is 1. The summed E-state index contributed by atoms with van der Waals surface area (Å²) in [6.07, 6.45) is 3.41. The molecule has 1 aromatic heterocycles. The molecule has 1 amide bonds. The van der Waals surface area contributed by atoms with Crippen molar-refractivity contribution in [2.45, 2.75) is 0 Å². The fourth-order valence-electron chi connectivity index (χ4n) is 1.96. The van der Waals surface area contributed by atoms with Gasteiger partial charge < -0.3 is 0 Å². The Balaban J connectivity index is 2.17. The third-order valence-electron chi connectivity index (χ3n) is 2.76. The maximum absolute atomic E-state index is 12.1. The third-order valence-corrected chi connectivity index (χ3v) is 2.76. The highest BCUT2D eigenvalue weighted by atomic mass is 16.2. The van der Waals surface area contributed by atoms with E-state index in [0.717, 1.165) is 11.3 Å². The van der Waals surface area contributed by atoms with Crippen molar-refractivity contribution in [3.63, 3.8) is 0 Å². The van der Waals surface area contributed by atoms with Gasteiger partial charge in [-0.05, 0) is 18.2 Å². The summed E-state index contributed by atoms with van der Waals surface area (Å²) in [7, 11) is 0. The number of aliphatic imine (C=N–C) groups is 1. The molecule has 0 spiro atoms. The standard InChI is InChI=1S/C14H11N3O/c18-14-10-15-9-11-5-1-2-6-12(11)17(14)13-7-3-4-8-16-13/h1-9H,10H2. The predicted molar refractivity (Wildman–Crippen MR) is 70.3 cm³/mol. The first-order valence-corrected chi connectivity index (χ1v) is 5.69. The lowest BCUT2D eigenvalue weighted by Crippen LogP contribution is -2.28. The van der Waals surface area contributed by atoms with E-state index < -0.39 is 0 Å². The van der Waals surface area contributed by atoms with Crippen LogP contribution in [-0.2, 0) is 4.79 Å². The molecule has 0 unspecified atom stereocenters. The van der Waals surface area contributed by atoms with Crippen LogP contribution in [0.15, 0.2) is 53.7 Å². The lowest BCUT2D eigenvalue weighted by Gasteiger charge is -2.21. The zero-order valence-electron chi connectivity index (χ0n) is 9.65. The zero-order chi connectivity index (χ0) is 12.4.